The lowest BCUT2D eigenvalue weighted by Crippen LogP contribution is -2.12. The second-order valence-electron chi connectivity index (χ2n) is 5.16. The third-order valence-corrected chi connectivity index (χ3v) is 3.86. The van der Waals surface area contributed by atoms with E-state index in [2.05, 4.69) is 12.2 Å². The number of amides is 1. The maximum absolute atomic E-state index is 12.2. The van der Waals surface area contributed by atoms with Gasteiger partial charge in [0.05, 0.1) is 17.3 Å². The number of halogens is 2. The smallest absolute Gasteiger partial charge is 0.255 e. The molecule has 0 saturated carbocycles. The summed E-state index contributed by atoms with van der Waals surface area (Å²) in [5.74, 6) is 0.536. The normalized spacial score (nSPS) is 10.4. The molecule has 0 saturated heterocycles. The molecule has 0 atom stereocenters. The van der Waals surface area contributed by atoms with E-state index in [0.717, 1.165) is 25.0 Å². The van der Waals surface area contributed by atoms with Gasteiger partial charge in [0.2, 0.25) is 0 Å². The Balaban J connectivity index is 1.94. The monoisotopic (exact) mass is 351 g/mol. The number of carbonyl (C=O) groups is 1. The quantitative estimate of drug-likeness (QED) is 0.638. The highest BCUT2D eigenvalue weighted by Crippen LogP contribution is 2.26. The van der Waals surface area contributed by atoms with Gasteiger partial charge < -0.3 is 10.1 Å². The molecule has 0 unspecified atom stereocenters. The SMILES string of the molecule is CCCCCOc1ccc(C(=O)Nc2ccc(Cl)cc2Cl)cc1. The number of ether oxygens (including phenoxy) is 1. The lowest BCUT2D eigenvalue weighted by atomic mass is 10.2. The van der Waals surface area contributed by atoms with Crippen molar-refractivity contribution in [1.29, 1.82) is 0 Å². The maximum atomic E-state index is 12.2. The van der Waals surface area contributed by atoms with Crippen LogP contribution < -0.4 is 10.1 Å². The van der Waals surface area contributed by atoms with Crippen molar-refractivity contribution in [3.63, 3.8) is 0 Å². The Bertz CT molecular complexity index is 657. The van der Waals surface area contributed by atoms with Crippen LogP contribution in [0.15, 0.2) is 42.5 Å². The number of carbonyl (C=O) groups excluding carboxylic acids is 1. The Morgan fingerprint density at radius 2 is 1.83 bits per heavy atom. The van der Waals surface area contributed by atoms with Gasteiger partial charge in [0.15, 0.2) is 0 Å². The molecule has 2 aromatic rings. The Hall–Kier alpha value is -1.71. The van der Waals surface area contributed by atoms with Crippen molar-refractivity contribution >= 4 is 34.8 Å². The number of rotatable bonds is 7. The molecule has 0 heterocycles. The fourth-order valence-electron chi connectivity index (χ4n) is 2.03. The summed E-state index contributed by atoms with van der Waals surface area (Å²) in [4.78, 5) is 12.2. The average Bonchev–Trinajstić information content (AvgIpc) is 2.55. The van der Waals surface area contributed by atoms with Gasteiger partial charge in [0.25, 0.3) is 5.91 Å². The van der Waals surface area contributed by atoms with Gasteiger partial charge in [0.1, 0.15) is 5.75 Å². The molecule has 2 rings (SSSR count). The molecule has 0 spiro atoms. The topological polar surface area (TPSA) is 38.3 Å². The van der Waals surface area contributed by atoms with Crippen molar-refractivity contribution in [3.8, 4) is 5.75 Å². The Morgan fingerprint density at radius 1 is 1.09 bits per heavy atom. The van der Waals surface area contributed by atoms with Gasteiger partial charge in [-0.2, -0.15) is 0 Å². The van der Waals surface area contributed by atoms with Crippen molar-refractivity contribution in [3.05, 3.63) is 58.1 Å². The van der Waals surface area contributed by atoms with Crippen LogP contribution in [0.5, 0.6) is 5.75 Å². The summed E-state index contributed by atoms with van der Waals surface area (Å²) in [6, 6.07) is 12.0. The Kier molecular flexibility index (Phi) is 6.75. The predicted octanol–water partition coefficient (Wildman–Crippen LogP) is 5.81. The predicted molar refractivity (Wildman–Crippen MR) is 95.9 cm³/mol. The number of nitrogens with one attached hydrogen (secondary N) is 1. The zero-order valence-electron chi connectivity index (χ0n) is 12.9. The molecule has 0 radical (unpaired) electrons. The fraction of sp³-hybridized carbons (Fsp3) is 0.278. The lowest BCUT2D eigenvalue weighted by Gasteiger charge is -2.09. The Labute approximate surface area is 146 Å². The molecule has 23 heavy (non-hydrogen) atoms. The van der Waals surface area contributed by atoms with Crippen LogP contribution in [0.1, 0.15) is 36.5 Å². The number of anilines is 1. The van der Waals surface area contributed by atoms with E-state index < -0.39 is 0 Å². The van der Waals surface area contributed by atoms with Gasteiger partial charge in [-0.25, -0.2) is 0 Å². The van der Waals surface area contributed by atoms with E-state index in [0.29, 0.717) is 27.9 Å². The first-order valence-corrected chi connectivity index (χ1v) is 8.35. The van der Waals surface area contributed by atoms with E-state index in [9.17, 15) is 4.79 Å². The Morgan fingerprint density at radius 3 is 2.48 bits per heavy atom. The van der Waals surface area contributed by atoms with Crippen LogP contribution in [0.3, 0.4) is 0 Å². The summed E-state index contributed by atoms with van der Waals surface area (Å²) in [5, 5.41) is 3.69. The zero-order valence-corrected chi connectivity index (χ0v) is 14.5. The van der Waals surface area contributed by atoms with Crippen molar-refractivity contribution in [1.82, 2.24) is 0 Å². The minimum Gasteiger partial charge on any atom is -0.494 e. The van der Waals surface area contributed by atoms with E-state index in [1.54, 1.807) is 42.5 Å². The van der Waals surface area contributed by atoms with Crippen LogP contribution >= 0.6 is 23.2 Å². The molecule has 0 aliphatic carbocycles. The van der Waals surface area contributed by atoms with Gasteiger partial charge >= 0.3 is 0 Å². The molecule has 0 aliphatic rings. The molecule has 2 aromatic carbocycles. The first-order valence-electron chi connectivity index (χ1n) is 7.59. The molecule has 0 fully saturated rings. The minimum absolute atomic E-state index is 0.230. The number of unbranched alkanes of at least 4 members (excludes halogenated alkanes) is 2. The second-order valence-corrected chi connectivity index (χ2v) is 6.00. The van der Waals surface area contributed by atoms with Crippen LogP contribution in [0.2, 0.25) is 10.0 Å². The summed E-state index contributed by atoms with van der Waals surface area (Å²) in [5.41, 5.74) is 1.07. The molecule has 1 amide bonds. The van der Waals surface area contributed by atoms with Gasteiger partial charge in [0, 0.05) is 10.6 Å². The first kappa shape index (κ1) is 17.6. The summed E-state index contributed by atoms with van der Waals surface area (Å²) in [7, 11) is 0. The molecule has 0 aliphatic heterocycles. The number of hydrogen-bond donors (Lipinski definition) is 1. The molecular formula is C18H19Cl2NO2. The zero-order chi connectivity index (χ0) is 16.7. The average molecular weight is 352 g/mol. The summed E-state index contributed by atoms with van der Waals surface area (Å²) in [6.45, 7) is 2.85. The van der Waals surface area contributed by atoms with Gasteiger partial charge in [-0.1, -0.05) is 43.0 Å². The largest absolute Gasteiger partial charge is 0.494 e. The van der Waals surface area contributed by atoms with Crippen molar-refractivity contribution in [2.75, 3.05) is 11.9 Å². The van der Waals surface area contributed by atoms with Gasteiger partial charge in [-0.15, -0.1) is 0 Å². The molecule has 0 aromatic heterocycles. The highest BCUT2D eigenvalue weighted by Gasteiger charge is 2.09. The second kappa shape index (κ2) is 8.80. The van der Waals surface area contributed by atoms with Crippen molar-refractivity contribution in [2.45, 2.75) is 26.2 Å². The van der Waals surface area contributed by atoms with Crippen molar-refractivity contribution < 1.29 is 9.53 Å². The third-order valence-electron chi connectivity index (χ3n) is 3.31. The summed E-state index contributed by atoms with van der Waals surface area (Å²) in [6.07, 6.45) is 3.35. The molecule has 1 N–H and O–H groups in total. The number of benzene rings is 2. The summed E-state index contributed by atoms with van der Waals surface area (Å²) < 4.78 is 5.63. The van der Waals surface area contributed by atoms with Gasteiger partial charge in [-0.3, -0.25) is 4.79 Å². The minimum atomic E-state index is -0.230. The van der Waals surface area contributed by atoms with E-state index in [-0.39, 0.29) is 5.91 Å². The van der Waals surface area contributed by atoms with E-state index in [1.165, 1.54) is 0 Å². The fourth-order valence-corrected chi connectivity index (χ4v) is 2.49. The van der Waals surface area contributed by atoms with Crippen LogP contribution in [0, 0.1) is 0 Å². The molecule has 5 heteroatoms. The van der Waals surface area contributed by atoms with E-state index >= 15 is 0 Å². The van der Waals surface area contributed by atoms with Gasteiger partial charge in [-0.05, 0) is 48.9 Å². The molecule has 122 valence electrons. The third kappa shape index (κ3) is 5.45. The van der Waals surface area contributed by atoms with Crippen LogP contribution in [-0.2, 0) is 0 Å². The van der Waals surface area contributed by atoms with Crippen LogP contribution in [0.25, 0.3) is 0 Å². The highest BCUT2D eigenvalue weighted by atomic mass is 35.5. The van der Waals surface area contributed by atoms with Crippen LogP contribution in [-0.4, -0.2) is 12.5 Å². The van der Waals surface area contributed by atoms with Crippen molar-refractivity contribution in [2.24, 2.45) is 0 Å². The van der Waals surface area contributed by atoms with E-state index in [4.69, 9.17) is 27.9 Å². The highest BCUT2D eigenvalue weighted by molar-refractivity contribution is 6.36. The maximum Gasteiger partial charge on any atom is 0.255 e. The summed E-state index contributed by atoms with van der Waals surface area (Å²) >= 11 is 11.9. The molecule has 0 bridgehead atoms. The standard InChI is InChI=1S/C18H19Cl2NO2/c1-2-3-4-11-23-15-8-5-13(6-9-15)18(22)21-17-10-7-14(19)12-16(17)20/h5-10,12H,2-4,11H2,1H3,(H,21,22). The first-order chi connectivity index (χ1) is 11.1. The van der Waals surface area contributed by atoms with E-state index in [1.807, 2.05) is 0 Å². The molecular weight excluding hydrogens is 333 g/mol. The van der Waals surface area contributed by atoms with Crippen LogP contribution in [0.4, 0.5) is 5.69 Å². The lowest BCUT2D eigenvalue weighted by molar-refractivity contribution is 0.102. The number of hydrogen-bond acceptors (Lipinski definition) is 2. The molecule has 3 nitrogen and oxygen atoms in total.